The molecule has 0 aliphatic carbocycles. The second-order valence-electron chi connectivity index (χ2n) is 8.91. The molecule has 3 aromatic carbocycles. The number of nitrogens with zero attached hydrogens (tertiary/aromatic N) is 5. The van der Waals surface area contributed by atoms with Crippen molar-refractivity contribution in [3.63, 3.8) is 0 Å². The molecule has 0 saturated carbocycles. The predicted octanol–water partition coefficient (Wildman–Crippen LogP) is 7.37. The Kier molecular flexibility index (Phi) is 6.44. The van der Waals surface area contributed by atoms with Gasteiger partial charge in [0.2, 0.25) is 0 Å². The van der Waals surface area contributed by atoms with Gasteiger partial charge in [0.1, 0.15) is 10.6 Å². The highest BCUT2D eigenvalue weighted by Gasteiger charge is 2.36. The Hall–Kier alpha value is -4.41. The molecule has 0 aliphatic heterocycles. The van der Waals surface area contributed by atoms with Crippen LogP contribution in [0.3, 0.4) is 0 Å². The van der Waals surface area contributed by atoms with Gasteiger partial charge in [0.15, 0.2) is 17.2 Å². The average molecular weight is 581 g/mol. The lowest BCUT2D eigenvalue weighted by atomic mass is 10.0. The maximum absolute atomic E-state index is 14.1. The lowest BCUT2D eigenvalue weighted by molar-refractivity contribution is -0.142. The Morgan fingerprint density at radius 1 is 0.950 bits per heavy atom. The van der Waals surface area contributed by atoms with Gasteiger partial charge in [-0.3, -0.25) is 9.48 Å². The van der Waals surface area contributed by atoms with Gasteiger partial charge in [-0.15, -0.1) is 0 Å². The number of rotatable bonds is 5. The minimum absolute atomic E-state index is 0.0272. The normalized spacial score (nSPS) is 11.8. The topological polar surface area (TPSA) is 77.1 Å². The number of aromatic nitrogens is 5. The summed E-state index contributed by atoms with van der Waals surface area (Å²) in [7, 11) is 0. The molecule has 0 fully saturated rings. The summed E-state index contributed by atoms with van der Waals surface area (Å²) < 4.78 is 44.5. The summed E-state index contributed by atoms with van der Waals surface area (Å²) in [6.45, 7) is 0.289. The SMILES string of the molecule is O=C(Nc1nn(Cc2ccccc2Cl)cc1Cl)c1cnn2c(C(F)(F)F)cc(-c3cccc4ccccc34)nc12. The molecular weight excluding hydrogens is 564 g/mol. The van der Waals surface area contributed by atoms with Gasteiger partial charge < -0.3 is 5.32 Å². The van der Waals surface area contributed by atoms with Crippen molar-refractivity contribution >= 4 is 51.3 Å². The van der Waals surface area contributed by atoms with Crippen LogP contribution >= 0.6 is 23.2 Å². The third kappa shape index (κ3) is 4.76. The molecular formula is C28H17Cl2F3N6O. The van der Waals surface area contributed by atoms with E-state index in [4.69, 9.17) is 23.2 Å². The van der Waals surface area contributed by atoms with Crippen LogP contribution in [0.5, 0.6) is 0 Å². The summed E-state index contributed by atoms with van der Waals surface area (Å²) in [4.78, 5) is 17.7. The van der Waals surface area contributed by atoms with Gasteiger partial charge in [-0.1, -0.05) is 83.9 Å². The van der Waals surface area contributed by atoms with Crippen molar-refractivity contribution in [2.45, 2.75) is 12.7 Å². The number of carbonyl (C=O) groups excluding carboxylic acids is 1. The highest BCUT2D eigenvalue weighted by Crippen LogP contribution is 2.35. The van der Waals surface area contributed by atoms with Crippen molar-refractivity contribution in [1.29, 1.82) is 0 Å². The number of halogens is 5. The molecule has 0 spiro atoms. The molecule has 200 valence electrons. The number of alkyl halides is 3. The van der Waals surface area contributed by atoms with Crippen molar-refractivity contribution in [2.75, 3.05) is 5.32 Å². The van der Waals surface area contributed by atoms with Gasteiger partial charge in [-0.05, 0) is 28.5 Å². The maximum Gasteiger partial charge on any atom is 0.433 e. The van der Waals surface area contributed by atoms with E-state index >= 15 is 0 Å². The van der Waals surface area contributed by atoms with E-state index < -0.39 is 17.8 Å². The fraction of sp³-hybridized carbons (Fsp3) is 0.0714. The first-order valence-electron chi connectivity index (χ1n) is 11.9. The van der Waals surface area contributed by atoms with Crippen LogP contribution in [0, 0.1) is 0 Å². The third-order valence-corrected chi connectivity index (χ3v) is 6.96. The average Bonchev–Trinajstić information content (AvgIpc) is 3.51. The van der Waals surface area contributed by atoms with E-state index in [1.807, 2.05) is 30.3 Å². The molecule has 1 amide bonds. The van der Waals surface area contributed by atoms with Crippen molar-refractivity contribution in [1.82, 2.24) is 24.4 Å². The molecule has 0 bridgehead atoms. The van der Waals surface area contributed by atoms with Crippen molar-refractivity contribution < 1.29 is 18.0 Å². The van der Waals surface area contributed by atoms with Crippen molar-refractivity contribution in [2.24, 2.45) is 0 Å². The molecule has 3 aromatic heterocycles. The second kappa shape index (κ2) is 9.96. The van der Waals surface area contributed by atoms with E-state index in [1.165, 1.54) is 10.9 Å². The monoisotopic (exact) mass is 580 g/mol. The first-order chi connectivity index (χ1) is 19.2. The Balaban J connectivity index is 1.40. The molecule has 12 heteroatoms. The molecule has 0 radical (unpaired) electrons. The molecule has 0 atom stereocenters. The number of hydrogen-bond donors (Lipinski definition) is 1. The van der Waals surface area contributed by atoms with Crippen LogP contribution in [-0.4, -0.2) is 30.3 Å². The first-order valence-corrected chi connectivity index (χ1v) is 12.7. The lowest BCUT2D eigenvalue weighted by Crippen LogP contribution is -2.16. The Morgan fingerprint density at radius 2 is 1.70 bits per heavy atom. The minimum atomic E-state index is -4.76. The van der Waals surface area contributed by atoms with E-state index in [1.54, 1.807) is 36.4 Å². The number of benzene rings is 3. The van der Waals surface area contributed by atoms with E-state index in [0.717, 1.165) is 28.6 Å². The van der Waals surface area contributed by atoms with Gasteiger partial charge in [0.05, 0.1) is 18.4 Å². The van der Waals surface area contributed by atoms with Crippen LogP contribution in [0.15, 0.2) is 85.2 Å². The fourth-order valence-electron chi connectivity index (χ4n) is 4.45. The number of anilines is 1. The molecule has 6 rings (SSSR count). The van der Waals surface area contributed by atoms with Crippen molar-refractivity contribution in [3.8, 4) is 11.3 Å². The highest BCUT2D eigenvalue weighted by atomic mass is 35.5. The van der Waals surface area contributed by atoms with Gasteiger partial charge in [0.25, 0.3) is 5.91 Å². The smallest absolute Gasteiger partial charge is 0.304 e. The van der Waals surface area contributed by atoms with Crippen molar-refractivity contribution in [3.05, 3.63) is 112 Å². The van der Waals surface area contributed by atoms with E-state index in [9.17, 15) is 18.0 Å². The van der Waals surface area contributed by atoms with Gasteiger partial charge in [-0.25, -0.2) is 9.50 Å². The summed E-state index contributed by atoms with van der Waals surface area (Å²) in [6, 6.07) is 20.7. The number of fused-ring (bicyclic) bond motifs is 2. The Labute approximate surface area is 234 Å². The van der Waals surface area contributed by atoms with E-state index in [0.29, 0.717) is 15.1 Å². The lowest BCUT2D eigenvalue weighted by Gasteiger charge is -2.13. The number of hydrogen-bond acceptors (Lipinski definition) is 4. The number of amides is 1. The molecule has 3 heterocycles. The molecule has 40 heavy (non-hydrogen) atoms. The Bertz CT molecular complexity index is 1910. The zero-order valence-electron chi connectivity index (χ0n) is 20.3. The number of nitrogens with one attached hydrogen (secondary N) is 1. The highest BCUT2D eigenvalue weighted by molar-refractivity contribution is 6.33. The summed E-state index contributed by atoms with van der Waals surface area (Å²) in [5.41, 5.74) is -0.186. The maximum atomic E-state index is 14.1. The van der Waals surface area contributed by atoms with E-state index in [2.05, 4.69) is 20.5 Å². The molecule has 7 nitrogen and oxygen atoms in total. The molecule has 6 aromatic rings. The molecule has 1 N–H and O–H groups in total. The summed E-state index contributed by atoms with van der Waals surface area (Å²) in [5, 5.41) is 12.9. The zero-order chi connectivity index (χ0) is 28.0. The summed E-state index contributed by atoms with van der Waals surface area (Å²) >= 11 is 12.5. The van der Waals surface area contributed by atoms with Crippen LogP contribution in [0.1, 0.15) is 21.6 Å². The summed E-state index contributed by atoms with van der Waals surface area (Å²) in [5.74, 6) is -0.741. The van der Waals surface area contributed by atoms with Crippen LogP contribution < -0.4 is 5.32 Å². The first kappa shape index (κ1) is 25.8. The summed E-state index contributed by atoms with van der Waals surface area (Å²) in [6.07, 6.45) is -2.22. The van der Waals surface area contributed by atoms with E-state index in [-0.39, 0.29) is 34.3 Å². The minimum Gasteiger partial charge on any atom is -0.304 e. The molecule has 0 unspecified atom stereocenters. The van der Waals surface area contributed by atoms with Gasteiger partial charge >= 0.3 is 6.18 Å². The zero-order valence-corrected chi connectivity index (χ0v) is 21.8. The predicted molar refractivity (Wildman–Crippen MR) is 147 cm³/mol. The van der Waals surface area contributed by atoms with Crippen LogP contribution in [0.25, 0.3) is 27.7 Å². The largest absolute Gasteiger partial charge is 0.433 e. The number of carbonyl (C=O) groups is 1. The van der Waals surface area contributed by atoms with Gasteiger partial charge in [0, 0.05) is 16.8 Å². The van der Waals surface area contributed by atoms with Gasteiger partial charge in [-0.2, -0.15) is 23.4 Å². The standard InChI is InChI=1S/C28H17Cl2F3N6O/c29-21-11-4-2-7-17(21)14-38-15-22(30)25(37-38)36-27(40)20-13-34-39-24(28(31,32)33)12-23(35-26(20)39)19-10-5-8-16-6-1-3-9-18(16)19/h1-13,15H,14H2,(H,36,37,40). The fourth-order valence-corrected chi connectivity index (χ4v) is 4.84. The second-order valence-corrected chi connectivity index (χ2v) is 9.73. The third-order valence-electron chi connectivity index (χ3n) is 6.31. The van der Waals surface area contributed by atoms with Crippen LogP contribution in [-0.2, 0) is 12.7 Å². The molecule has 0 saturated heterocycles. The quantitative estimate of drug-likeness (QED) is 0.231. The van der Waals surface area contributed by atoms with Crippen LogP contribution in [0.4, 0.5) is 19.0 Å². The Morgan fingerprint density at radius 3 is 2.50 bits per heavy atom. The molecule has 0 aliphatic rings. The van der Waals surface area contributed by atoms with Crippen LogP contribution in [0.2, 0.25) is 10.0 Å².